The molecule has 1 saturated heterocycles. The van der Waals surface area contributed by atoms with Gasteiger partial charge in [0, 0.05) is 22.6 Å². The molecule has 1 fully saturated rings. The molecular weight excluding hydrogens is 321 g/mol. The van der Waals surface area contributed by atoms with Crippen LogP contribution in [0.4, 0.5) is 0 Å². The van der Waals surface area contributed by atoms with Gasteiger partial charge in [-0.05, 0) is 31.7 Å². The van der Waals surface area contributed by atoms with Crippen molar-refractivity contribution in [3.63, 3.8) is 0 Å². The Hall–Kier alpha value is -0.490. The van der Waals surface area contributed by atoms with E-state index >= 15 is 0 Å². The zero-order valence-electron chi connectivity index (χ0n) is 11.2. The predicted octanol–water partition coefficient (Wildman–Crippen LogP) is 2.49. The number of hydrogen-bond donors (Lipinski definition) is 0. The Bertz CT molecular complexity index is 557. The number of likely N-dealkylation sites (N-methyl/N-ethyl adjacent to an activating group) is 1. The predicted molar refractivity (Wildman–Crippen MR) is 81.6 cm³/mol. The fraction of sp³-hybridized carbons (Fsp3) is 0.538. The lowest BCUT2D eigenvalue weighted by Gasteiger charge is -2.22. The molecular formula is C13H17Cl2NO3S. The summed E-state index contributed by atoms with van der Waals surface area (Å²) in [7, 11) is -0.930. The van der Waals surface area contributed by atoms with Crippen LogP contribution in [0.15, 0.2) is 18.2 Å². The molecule has 0 aliphatic carbocycles. The summed E-state index contributed by atoms with van der Waals surface area (Å²) in [6.45, 7) is 1.12. The van der Waals surface area contributed by atoms with E-state index in [9.17, 15) is 8.42 Å². The Morgan fingerprint density at radius 2 is 1.95 bits per heavy atom. The van der Waals surface area contributed by atoms with Crippen molar-refractivity contribution in [1.82, 2.24) is 4.90 Å². The summed E-state index contributed by atoms with van der Waals surface area (Å²) in [5.41, 5.74) is 0. The maximum atomic E-state index is 11.4. The van der Waals surface area contributed by atoms with Crippen LogP contribution < -0.4 is 4.74 Å². The fourth-order valence-corrected chi connectivity index (χ4v) is 4.54. The minimum absolute atomic E-state index is 0.0894. The zero-order chi connectivity index (χ0) is 14.8. The molecule has 20 heavy (non-hydrogen) atoms. The van der Waals surface area contributed by atoms with Crippen LogP contribution in [0, 0.1) is 0 Å². The summed E-state index contributed by atoms with van der Waals surface area (Å²) in [4.78, 5) is 2.02. The fourth-order valence-electron chi connectivity index (χ4n) is 2.22. The standard InChI is InChI=1S/C13H17Cl2NO3S/c1-16(12-2-5-20(17,18)9-12)3-4-19-13-7-10(14)6-11(15)8-13/h6-8,12H,2-5,9H2,1H3/t12-/m0/s1. The Labute approximate surface area is 129 Å². The van der Waals surface area contributed by atoms with Crippen molar-refractivity contribution in [3.8, 4) is 5.75 Å². The maximum Gasteiger partial charge on any atom is 0.151 e. The van der Waals surface area contributed by atoms with Crippen molar-refractivity contribution in [2.24, 2.45) is 0 Å². The summed E-state index contributed by atoms with van der Waals surface area (Å²) in [6.07, 6.45) is 0.696. The molecule has 2 rings (SSSR count). The first kappa shape index (κ1) is 15.9. The molecule has 1 aliphatic heterocycles. The third-order valence-electron chi connectivity index (χ3n) is 3.38. The lowest BCUT2D eigenvalue weighted by atomic mass is 10.2. The van der Waals surface area contributed by atoms with E-state index in [-0.39, 0.29) is 17.5 Å². The molecule has 0 radical (unpaired) electrons. The first-order valence-electron chi connectivity index (χ1n) is 6.35. The van der Waals surface area contributed by atoms with E-state index in [1.54, 1.807) is 18.2 Å². The molecule has 1 heterocycles. The third kappa shape index (κ3) is 4.52. The average molecular weight is 338 g/mol. The maximum absolute atomic E-state index is 11.4. The molecule has 0 spiro atoms. The van der Waals surface area contributed by atoms with Crippen molar-refractivity contribution < 1.29 is 13.2 Å². The van der Waals surface area contributed by atoms with E-state index in [4.69, 9.17) is 27.9 Å². The summed E-state index contributed by atoms with van der Waals surface area (Å²) in [5.74, 6) is 1.15. The lowest BCUT2D eigenvalue weighted by Crippen LogP contribution is -2.35. The first-order valence-corrected chi connectivity index (χ1v) is 8.93. The van der Waals surface area contributed by atoms with Crippen LogP contribution in [0.1, 0.15) is 6.42 Å². The van der Waals surface area contributed by atoms with Gasteiger partial charge in [0.15, 0.2) is 9.84 Å². The highest BCUT2D eigenvalue weighted by molar-refractivity contribution is 7.91. The highest BCUT2D eigenvalue weighted by Gasteiger charge is 2.30. The number of rotatable bonds is 5. The van der Waals surface area contributed by atoms with Crippen LogP contribution in [-0.4, -0.2) is 51.1 Å². The average Bonchev–Trinajstić information content (AvgIpc) is 2.68. The van der Waals surface area contributed by atoms with E-state index in [0.29, 0.717) is 35.4 Å². The van der Waals surface area contributed by atoms with Gasteiger partial charge >= 0.3 is 0 Å². The third-order valence-corrected chi connectivity index (χ3v) is 5.57. The second kappa shape index (κ2) is 6.52. The molecule has 112 valence electrons. The van der Waals surface area contributed by atoms with Crippen molar-refractivity contribution in [2.45, 2.75) is 12.5 Å². The van der Waals surface area contributed by atoms with Gasteiger partial charge in [-0.3, -0.25) is 4.90 Å². The second-order valence-electron chi connectivity index (χ2n) is 4.99. The molecule has 0 unspecified atom stereocenters. The number of nitrogens with zero attached hydrogens (tertiary/aromatic N) is 1. The van der Waals surface area contributed by atoms with Crippen molar-refractivity contribution >= 4 is 33.0 Å². The van der Waals surface area contributed by atoms with E-state index < -0.39 is 9.84 Å². The monoisotopic (exact) mass is 337 g/mol. The van der Waals surface area contributed by atoms with Gasteiger partial charge in [-0.15, -0.1) is 0 Å². The van der Waals surface area contributed by atoms with E-state index in [0.717, 1.165) is 0 Å². The van der Waals surface area contributed by atoms with Crippen LogP contribution in [0.5, 0.6) is 5.75 Å². The van der Waals surface area contributed by atoms with Gasteiger partial charge in [-0.25, -0.2) is 8.42 Å². The zero-order valence-corrected chi connectivity index (χ0v) is 13.5. The van der Waals surface area contributed by atoms with Crippen LogP contribution in [0.2, 0.25) is 10.0 Å². The minimum Gasteiger partial charge on any atom is -0.492 e. The second-order valence-corrected chi connectivity index (χ2v) is 8.09. The Morgan fingerprint density at radius 1 is 1.30 bits per heavy atom. The molecule has 1 aromatic carbocycles. The number of sulfone groups is 1. The van der Waals surface area contributed by atoms with Crippen molar-refractivity contribution in [2.75, 3.05) is 31.7 Å². The Morgan fingerprint density at radius 3 is 2.50 bits per heavy atom. The summed E-state index contributed by atoms with van der Waals surface area (Å²) >= 11 is 11.8. The number of halogens is 2. The van der Waals surface area contributed by atoms with Gasteiger partial charge in [0.05, 0.1) is 11.5 Å². The topological polar surface area (TPSA) is 46.6 Å². The number of ether oxygens (including phenoxy) is 1. The SMILES string of the molecule is CN(CCOc1cc(Cl)cc(Cl)c1)[C@H]1CCS(=O)(=O)C1. The molecule has 0 aromatic heterocycles. The van der Waals surface area contributed by atoms with Gasteiger partial charge in [0.2, 0.25) is 0 Å². The van der Waals surface area contributed by atoms with Crippen LogP contribution in [0.3, 0.4) is 0 Å². The molecule has 0 amide bonds. The minimum atomic E-state index is -2.85. The van der Waals surface area contributed by atoms with Crippen LogP contribution in [-0.2, 0) is 9.84 Å². The summed E-state index contributed by atoms with van der Waals surface area (Å²) < 4.78 is 28.4. The Balaban J connectivity index is 1.81. The molecule has 0 bridgehead atoms. The quantitative estimate of drug-likeness (QED) is 0.828. The van der Waals surface area contributed by atoms with Crippen molar-refractivity contribution in [1.29, 1.82) is 0 Å². The van der Waals surface area contributed by atoms with E-state index in [1.165, 1.54) is 0 Å². The van der Waals surface area contributed by atoms with Crippen LogP contribution >= 0.6 is 23.2 Å². The van der Waals surface area contributed by atoms with Gasteiger partial charge in [-0.2, -0.15) is 0 Å². The molecule has 1 atom stereocenters. The van der Waals surface area contributed by atoms with Gasteiger partial charge < -0.3 is 4.74 Å². The molecule has 4 nitrogen and oxygen atoms in total. The van der Waals surface area contributed by atoms with Crippen molar-refractivity contribution in [3.05, 3.63) is 28.2 Å². The molecule has 1 aliphatic rings. The van der Waals surface area contributed by atoms with E-state index in [2.05, 4.69) is 0 Å². The number of benzene rings is 1. The summed E-state index contributed by atoms with van der Waals surface area (Å²) in [6, 6.07) is 5.14. The van der Waals surface area contributed by atoms with Crippen LogP contribution in [0.25, 0.3) is 0 Å². The smallest absolute Gasteiger partial charge is 0.151 e. The first-order chi connectivity index (χ1) is 9.35. The highest BCUT2D eigenvalue weighted by Crippen LogP contribution is 2.24. The highest BCUT2D eigenvalue weighted by atomic mass is 35.5. The molecule has 7 heteroatoms. The molecule has 0 saturated carbocycles. The lowest BCUT2D eigenvalue weighted by molar-refractivity contribution is 0.202. The Kier molecular flexibility index (Phi) is 5.18. The summed E-state index contributed by atoms with van der Waals surface area (Å²) in [5, 5.41) is 1.06. The van der Waals surface area contributed by atoms with Gasteiger partial charge in [0.25, 0.3) is 0 Å². The van der Waals surface area contributed by atoms with E-state index in [1.807, 2.05) is 11.9 Å². The molecule has 1 aromatic rings. The van der Waals surface area contributed by atoms with Gasteiger partial charge in [0.1, 0.15) is 12.4 Å². The number of hydrogen-bond acceptors (Lipinski definition) is 4. The van der Waals surface area contributed by atoms with Gasteiger partial charge in [-0.1, -0.05) is 23.2 Å². The largest absolute Gasteiger partial charge is 0.492 e. The molecule has 0 N–H and O–H groups in total. The normalized spacial score (nSPS) is 21.3.